The molecule has 2 heterocycles. The van der Waals surface area contributed by atoms with E-state index in [4.69, 9.17) is 9.47 Å². The summed E-state index contributed by atoms with van der Waals surface area (Å²) < 4.78 is 12.2. The maximum atomic E-state index is 13.0. The van der Waals surface area contributed by atoms with Gasteiger partial charge in [-0.15, -0.1) is 0 Å². The van der Waals surface area contributed by atoms with E-state index in [2.05, 4.69) is 40.5 Å². The zero-order valence-electron chi connectivity index (χ0n) is 19.4. The predicted octanol–water partition coefficient (Wildman–Crippen LogP) is 5.64. The number of likely N-dealkylation sites (tertiary alicyclic amines) is 1. The van der Waals surface area contributed by atoms with Gasteiger partial charge in [-0.2, -0.15) is 5.10 Å². The first-order valence-corrected chi connectivity index (χ1v) is 12.3. The molecule has 0 spiro atoms. The number of benzene rings is 1. The Morgan fingerprint density at radius 2 is 1.94 bits per heavy atom. The number of ether oxygens (including phenoxy) is 2. The standard InChI is InChI=1S/C26H37N3O3/c1-3-19(2)32-26(30)29-17-7-10-23(24-15-16-27-28-24)25(29)18-31-22-13-11-21(12-14-22)20-8-5-4-6-9-20/h4-6,8-9,15-16,19,21-23,25H,3,7,10-14,17-18H2,1-2H3,(H,27,28)/t19-,21?,22?,23+,25-/m0/s1. The number of carbonyl (C=O) groups is 1. The molecule has 1 aromatic heterocycles. The first kappa shape index (κ1) is 22.8. The molecule has 6 nitrogen and oxygen atoms in total. The Labute approximate surface area is 191 Å². The van der Waals surface area contributed by atoms with E-state index < -0.39 is 0 Å². The average molecular weight is 440 g/mol. The van der Waals surface area contributed by atoms with Crippen LogP contribution in [-0.4, -0.2) is 52.6 Å². The van der Waals surface area contributed by atoms with E-state index in [9.17, 15) is 4.79 Å². The van der Waals surface area contributed by atoms with Gasteiger partial charge in [0.15, 0.2) is 0 Å². The van der Waals surface area contributed by atoms with E-state index in [1.54, 1.807) is 6.20 Å². The fraction of sp³-hybridized carbons (Fsp3) is 0.615. The number of nitrogens with one attached hydrogen (secondary N) is 1. The number of hydrogen-bond acceptors (Lipinski definition) is 4. The molecule has 1 aliphatic carbocycles. The second-order valence-corrected chi connectivity index (χ2v) is 9.34. The van der Waals surface area contributed by atoms with Crippen LogP contribution in [0, 0.1) is 0 Å². The highest BCUT2D eigenvalue weighted by molar-refractivity contribution is 5.68. The van der Waals surface area contributed by atoms with Crippen molar-refractivity contribution in [3.63, 3.8) is 0 Å². The molecule has 32 heavy (non-hydrogen) atoms. The SMILES string of the molecule is CC[C@H](C)OC(=O)N1CCC[C@H](c2ccn[nH]2)[C@@H]1COC1CCC(c2ccccc2)CC1. The fourth-order valence-electron chi connectivity index (χ4n) is 5.17. The van der Waals surface area contributed by atoms with E-state index in [0.29, 0.717) is 19.1 Å². The van der Waals surface area contributed by atoms with Crippen LogP contribution in [0.5, 0.6) is 0 Å². The Morgan fingerprint density at radius 1 is 1.16 bits per heavy atom. The van der Waals surface area contributed by atoms with Gasteiger partial charge < -0.3 is 14.4 Å². The molecule has 1 amide bonds. The summed E-state index contributed by atoms with van der Waals surface area (Å²) in [7, 11) is 0. The first-order chi connectivity index (χ1) is 15.7. The highest BCUT2D eigenvalue weighted by Gasteiger charge is 2.38. The second-order valence-electron chi connectivity index (χ2n) is 9.34. The highest BCUT2D eigenvalue weighted by Crippen LogP contribution is 2.36. The average Bonchev–Trinajstić information content (AvgIpc) is 3.38. The van der Waals surface area contributed by atoms with Crippen molar-refractivity contribution in [1.29, 1.82) is 0 Å². The number of aromatic amines is 1. The van der Waals surface area contributed by atoms with Crippen LogP contribution in [-0.2, 0) is 9.47 Å². The van der Waals surface area contributed by atoms with E-state index in [1.165, 1.54) is 5.56 Å². The van der Waals surface area contributed by atoms with Crippen LogP contribution in [0.3, 0.4) is 0 Å². The Balaban J connectivity index is 1.39. The highest BCUT2D eigenvalue weighted by atomic mass is 16.6. The lowest BCUT2D eigenvalue weighted by Crippen LogP contribution is -2.51. The van der Waals surface area contributed by atoms with Gasteiger partial charge in [0.05, 0.1) is 18.8 Å². The van der Waals surface area contributed by atoms with Crippen LogP contribution in [0.25, 0.3) is 0 Å². The molecule has 2 aliphatic rings. The number of carbonyl (C=O) groups excluding carboxylic acids is 1. The van der Waals surface area contributed by atoms with Gasteiger partial charge in [-0.05, 0) is 69.4 Å². The van der Waals surface area contributed by atoms with Gasteiger partial charge in [-0.1, -0.05) is 37.3 Å². The first-order valence-electron chi connectivity index (χ1n) is 12.3. The van der Waals surface area contributed by atoms with Gasteiger partial charge in [0, 0.05) is 24.4 Å². The van der Waals surface area contributed by atoms with E-state index >= 15 is 0 Å². The lowest BCUT2D eigenvalue weighted by atomic mass is 9.82. The van der Waals surface area contributed by atoms with Gasteiger partial charge in [-0.25, -0.2) is 4.79 Å². The summed E-state index contributed by atoms with van der Waals surface area (Å²) in [4.78, 5) is 14.9. The molecule has 4 rings (SSSR count). The minimum Gasteiger partial charge on any atom is -0.446 e. The number of aromatic nitrogens is 2. The van der Waals surface area contributed by atoms with Crippen molar-refractivity contribution in [1.82, 2.24) is 15.1 Å². The minimum atomic E-state index is -0.218. The normalized spacial score (nSPS) is 27.1. The van der Waals surface area contributed by atoms with E-state index in [0.717, 1.165) is 50.6 Å². The van der Waals surface area contributed by atoms with Crippen molar-refractivity contribution in [2.75, 3.05) is 13.2 Å². The molecule has 3 atom stereocenters. The van der Waals surface area contributed by atoms with Gasteiger partial charge >= 0.3 is 6.09 Å². The predicted molar refractivity (Wildman–Crippen MR) is 125 cm³/mol. The number of H-pyrrole nitrogens is 1. The van der Waals surface area contributed by atoms with Crippen LogP contribution >= 0.6 is 0 Å². The third kappa shape index (κ3) is 5.52. The van der Waals surface area contributed by atoms with Crippen LogP contribution in [0.15, 0.2) is 42.6 Å². The lowest BCUT2D eigenvalue weighted by Gasteiger charge is -2.41. The molecule has 2 aromatic rings. The van der Waals surface area contributed by atoms with Crippen molar-refractivity contribution in [3.05, 3.63) is 53.9 Å². The van der Waals surface area contributed by atoms with Gasteiger partial charge in [0.1, 0.15) is 6.10 Å². The van der Waals surface area contributed by atoms with Crippen molar-refractivity contribution in [3.8, 4) is 0 Å². The monoisotopic (exact) mass is 439 g/mol. The van der Waals surface area contributed by atoms with Crippen molar-refractivity contribution in [2.45, 2.75) is 88.9 Å². The summed E-state index contributed by atoms with van der Waals surface area (Å²) in [5, 5.41) is 7.28. The molecule has 174 valence electrons. The third-order valence-electron chi connectivity index (χ3n) is 7.26. The summed E-state index contributed by atoms with van der Waals surface area (Å²) in [6.45, 7) is 5.24. The molecule has 0 bridgehead atoms. The molecule has 1 aliphatic heterocycles. The molecule has 1 saturated heterocycles. The van der Waals surface area contributed by atoms with Crippen LogP contribution in [0.2, 0.25) is 0 Å². The van der Waals surface area contributed by atoms with E-state index in [-0.39, 0.29) is 30.3 Å². The van der Waals surface area contributed by atoms with Crippen molar-refractivity contribution < 1.29 is 14.3 Å². The van der Waals surface area contributed by atoms with Crippen molar-refractivity contribution in [2.24, 2.45) is 0 Å². The number of nitrogens with zero attached hydrogens (tertiary/aromatic N) is 2. The summed E-state index contributed by atoms with van der Waals surface area (Å²) in [5.41, 5.74) is 2.52. The number of piperidine rings is 1. The van der Waals surface area contributed by atoms with Crippen molar-refractivity contribution >= 4 is 6.09 Å². The molecule has 1 aromatic carbocycles. The lowest BCUT2D eigenvalue weighted by molar-refractivity contribution is -0.0303. The van der Waals surface area contributed by atoms with Gasteiger partial charge in [-0.3, -0.25) is 5.10 Å². The van der Waals surface area contributed by atoms with Crippen LogP contribution < -0.4 is 0 Å². The van der Waals surface area contributed by atoms with Crippen LogP contribution in [0.4, 0.5) is 4.79 Å². The smallest absolute Gasteiger partial charge is 0.410 e. The zero-order valence-corrected chi connectivity index (χ0v) is 19.4. The van der Waals surface area contributed by atoms with Gasteiger partial charge in [0.25, 0.3) is 0 Å². The van der Waals surface area contributed by atoms with E-state index in [1.807, 2.05) is 24.8 Å². The zero-order chi connectivity index (χ0) is 22.3. The summed E-state index contributed by atoms with van der Waals surface area (Å²) >= 11 is 0. The molecule has 2 fully saturated rings. The van der Waals surface area contributed by atoms with Gasteiger partial charge in [0.2, 0.25) is 0 Å². The largest absolute Gasteiger partial charge is 0.446 e. The Kier molecular flexibility index (Phi) is 7.85. The molecule has 1 saturated carbocycles. The number of rotatable bonds is 7. The summed E-state index contributed by atoms with van der Waals surface area (Å²) in [5.74, 6) is 0.821. The molecule has 0 radical (unpaired) electrons. The minimum absolute atomic E-state index is 0.0346. The molecule has 6 heteroatoms. The molecule has 0 unspecified atom stereocenters. The second kappa shape index (κ2) is 11.0. The molecule has 1 N–H and O–H groups in total. The third-order valence-corrected chi connectivity index (χ3v) is 7.26. The maximum absolute atomic E-state index is 13.0. The summed E-state index contributed by atoms with van der Waals surface area (Å²) in [6, 6.07) is 12.8. The topological polar surface area (TPSA) is 67.5 Å². The number of hydrogen-bond donors (Lipinski definition) is 1. The maximum Gasteiger partial charge on any atom is 0.410 e. The molecular formula is C26H37N3O3. The Morgan fingerprint density at radius 3 is 2.62 bits per heavy atom. The molecular weight excluding hydrogens is 402 g/mol. The Hall–Kier alpha value is -2.34. The number of amides is 1. The Bertz CT molecular complexity index is 818. The fourth-order valence-corrected chi connectivity index (χ4v) is 5.17. The summed E-state index contributed by atoms with van der Waals surface area (Å²) in [6.07, 6.45) is 8.98. The quantitative estimate of drug-likeness (QED) is 0.607. The van der Waals surface area contributed by atoms with Crippen LogP contribution in [0.1, 0.15) is 81.9 Å².